The third-order valence-corrected chi connectivity index (χ3v) is 4.28. The fourth-order valence-corrected chi connectivity index (χ4v) is 2.69. The molecule has 0 aliphatic rings. The monoisotopic (exact) mass is 345 g/mol. The first-order valence-corrected chi connectivity index (χ1v) is 7.41. The van der Waals surface area contributed by atoms with Crippen LogP contribution in [0.5, 0.6) is 0 Å². The van der Waals surface area contributed by atoms with Crippen molar-refractivity contribution in [2.75, 3.05) is 12.8 Å². The maximum Gasteiger partial charge on any atom is 0.139 e. The van der Waals surface area contributed by atoms with Crippen LogP contribution < -0.4 is 5.73 Å². The van der Waals surface area contributed by atoms with E-state index in [0.29, 0.717) is 12.4 Å². The number of aromatic nitrogens is 2. The lowest BCUT2D eigenvalue weighted by Gasteiger charge is -2.04. The SMILES string of the molecule is COCc1cccc(-c2nc3cc(C)c(Br)cn3c2N)c1. The summed E-state index contributed by atoms with van der Waals surface area (Å²) >= 11 is 3.53. The molecule has 4 nitrogen and oxygen atoms in total. The summed E-state index contributed by atoms with van der Waals surface area (Å²) in [7, 11) is 1.69. The van der Waals surface area contributed by atoms with Gasteiger partial charge < -0.3 is 10.5 Å². The summed E-state index contributed by atoms with van der Waals surface area (Å²) < 4.78 is 8.09. The molecule has 3 aromatic rings. The van der Waals surface area contributed by atoms with Crippen molar-refractivity contribution in [2.45, 2.75) is 13.5 Å². The fraction of sp³-hybridized carbons (Fsp3) is 0.188. The van der Waals surface area contributed by atoms with Crippen molar-refractivity contribution >= 4 is 27.4 Å². The van der Waals surface area contributed by atoms with Crippen LogP contribution in [0.2, 0.25) is 0 Å². The van der Waals surface area contributed by atoms with E-state index in [4.69, 9.17) is 10.5 Å². The summed E-state index contributed by atoms with van der Waals surface area (Å²) in [6.45, 7) is 2.61. The Morgan fingerprint density at radius 3 is 2.90 bits per heavy atom. The van der Waals surface area contributed by atoms with Gasteiger partial charge in [0.15, 0.2) is 0 Å². The summed E-state index contributed by atoms with van der Waals surface area (Å²) in [5.41, 5.74) is 11.1. The lowest BCUT2D eigenvalue weighted by molar-refractivity contribution is 0.185. The van der Waals surface area contributed by atoms with Crippen LogP contribution in [0.4, 0.5) is 5.82 Å². The van der Waals surface area contributed by atoms with Crippen molar-refractivity contribution in [1.29, 1.82) is 0 Å². The van der Waals surface area contributed by atoms with E-state index in [1.54, 1.807) is 7.11 Å². The first-order valence-electron chi connectivity index (χ1n) is 6.62. The molecule has 21 heavy (non-hydrogen) atoms. The number of anilines is 1. The molecular weight excluding hydrogens is 330 g/mol. The Balaban J connectivity index is 2.16. The molecule has 0 amide bonds. The third-order valence-electron chi connectivity index (χ3n) is 3.45. The average molecular weight is 346 g/mol. The van der Waals surface area contributed by atoms with E-state index >= 15 is 0 Å². The van der Waals surface area contributed by atoms with Crippen LogP contribution in [0.25, 0.3) is 16.9 Å². The third kappa shape index (κ3) is 2.54. The van der Waals surface area contributed by atoms with Gasteiger partial charge in [0.2, 0.25) is 0 Å². The standard InChI is InChI=1S/C16H16BrN3O/c1-10-6-14-19-15(16(18)20(14)8-13(10)17)12-5-3-4-11(7-12)9-21-2/h3-8H,9,18H2,1-2H3. The number of halogens is 1. The molecule has 0 fully saturated rings. The lowest BCUT2D eigenvalue weighted by Crippen LogP contribution is -1.95. The molecule has 1 aromatic carbocycles. The van der Waals surface area contributed by atoms with Crippen LogP contribution in [-0.2, 0) is 11.3 Å². The number of imidazole rings is 1. The molecule has 0 atom stereocenters. The summed E-state index contributed by atoms with van der Waals surface area (Å²) in [5.74, 6) is 0.639. The second kappa shape index (κ2) is 5.50. The molecule has 3 rings (SSSR count). The Morgan fingerprint density at radius 2 is 2.14 bits per heavy atom. The highest BCUT2D eigenvalue weighted by atomic mass is 79.9. The highest BCUT2D eigenvalue weighted by Gasteiger charge is 2.13. The maximum absolute atomic E-state index is 6.26. The van der Waals surface area contributed by atoms with Crippen molar-refractivity contribution in [1.82, 2.24) is 9.38 Å². The number of rotatable bonds is 3. The Kier molecular flexibility index (Phi) is 3.69. The molecule has 108 valence electrons. The molecule has 2 N–H and O–H groups in total. The summed E-state index contributed by atoms with van der Waals surface area (Å²) in [4.78, 5) is 4.66. The first-order chi connectivity index (χ1) is 10.1. The normalized spacial score (nSPS) is 11.2. The molecule has 2 aromatic heterocycles. The summed E-state index contributed by atoms with van der Waals surface area (Å²) in [5, 5.41) is 0. The predicted molar refractivity (Wildman–Crippen MR) is 88.2 cm³/mol. The van der Waals surface area contributed by atoms with Crippen molar-refractivity contribution in [3.05, 3.63) is 52.1 Å². The van der Waals surface area contributed by atoms with Gasteiger partial charge in [-0.2, -0.15) is 0 Å². The van der Waals surface area contributed by atoms with Crippen LogP contribution in [0.1, 0.15) is 11.1 Å². The van der Waals surface area contributed by atoms with Crippen molar-refractivity contribution < 1.29 is 4.74 Å². The van der Waals surface area contributed by atoms with Gasteiger partial charge in [-0.3, -0.25) is 4.40 Å². The first kappa shape index (κ1) is 14.1. The second-order valence-electron chi connectivity index (χ2n) is 5.01. The van der Waals surface area contributed by atoms with Crippen LogP contribution in [0.15, 0.2) is 41.0 Å². The van der Waals surface area contributed by atoms with Crippen molar-refractivity contribution in [3.63, 3.8) is 0 Å². The fourth-order valence-electron chi connectivity index (χ4n) is 2.37. The van der Waals surface area contributed by atoms with E-state index < -0.39 is 0 Å². The molecule has 0 spiro atoms. The van der Waals surface area contributed by atoms with Gasteiger partial charge in [-0.25, -0.2) is 4.98 Å². The Morgan fingerprint density at radius 1 is 1.33 bits per heavy atom. The Labute approximate surface area is 131 Å². The molecular formula is C16H16BrN3O. The van der Waals surface area contributed by atoms with Gasteiger partial charge in [0.25, 0.3) is 0 Å². The minimum absolute atomic E-state index is 0.575. The van der Waals surface area contributed by atoms with Crippen LogP contribution in [0, 0.1) is 6.92 Å². The van der Waals surface area contributed by atoms with E-state index in [0.717, 1.165) is 32.5 Å². The molecule has 0 saturated carbocycles. The number of fused-ring (bicyclic) bond motifs is 1. The van der Waals surface area contributed by atoms with Crippen LogP contribution in [0.3, 0.4) is 0 Å². The van der Waals surface area contributed by atoms with Gasteiger partial charge in [0.05, 0.1) is 6.61 Å². The van der Waals surface area contributed by atoms with Gasteiger partial charge in [-0.15, -0.1) is 0 Å². The molecule has 0 radical (unpaired) electrons. The number of nitrogen functional groups attached to an aromatic ring is 1. The van der Waals surface area contributed by atoms with E-state index in [-0.39, 0.29) is 0 Å². The van der Waals surface area contributed by atoms with Gasteiger partial charge in [-0.1, -0.05) is 18.2 Å². The minimum Gasteiger partial charge on any atom is -0.383 e. The number of ether oxygens (including phenoxy) is 1. The van der Waals surface area contributed by atoms with Crippen LogP contribution >= 0.6 is 15.9 Å². The number of nitrogens with two attached hydrogens (primary N) is 1. The van der Waals surface area contributed by atoms with Gasteiger partial charge in [0.1, 0.15) is 17.2 Å². The van der Waals surface area contributed by atoms with Gasteiger partial charge in [0, 0.05) is 23.3 Å². The number of aryl methyl sites for hydroxylation is 1. The zero-order valence-corrected chi connectivity index (χ0v) is 13.5. The van der Waals surface area contributed by atoms with E-state index in [2.05, 4.69) is 27.0 Å². The van der Waals surface area contributed by atoms with Crippen molar-refractivity contribution in [2.24, 2.45) is 0 Å². The molecule has 0 unspecified atom stereocenters. The number of nitrogens with zero attached hydrogens (tertiary/aromatic N) is 2. The minimum atomic E-state index is 0.575. The highest BCUT2D eigenvalue weighted by Crippen LogP contribution is 2.29. The zero-order valence-electron chi connectivity index (χ0n) is 11.9. The van der Waals surface area contributed by atoms with Gasteiger partial charge >= 0.3 is 0 Å². The second-order valence-corrected chi connectivity index (χ2v) is 5.87. The molecule has 0 aliphatic carbocycles. The number of benzene rings is 1. The number of hydrogen-bond donors (Lipinski definition) is 1. The largest absolute Gasteiger partial charge is 0.383 e. The number of methoxy groups -OCH3 is 1. The lowest BCUT2D eigenvalue weighted by atomic mass is 10.1. The molecule has 0 saturated heterocycles. The predicted octanol–water partition coefficient (Wildman–Crippen LogP) is 3.80. The quantitative estimate of drug-likeness (QED) is 0.785. The van der Waals surface area contributed by atoms with Crippen LogP contribution in [-0.4, -0.2) is 16.5 Å². The zero-order chi connectivity index (χ0) is 15.0. The molecule has 5 heteroatoms. The molecule has 2 heterocycles. The van der Waals surface area contributed by atoms with E-state index in [9.17, 15) is 0 Å². The molecule has 0 bridgehead atoms. The van der Waals surface area contributed by atoms with E-state index in [1.165, 1.54) is 0 Å². The number of pyridine rings is 1. The Bertz CT molecular complexity index is 811. The van der Waals surface area contributed by atoms with E-state index in [1.807, 2.05) is 41.8 Å². The Hall–Kier alpha value is -1.85. The molecule has 0 aliphatic heterocycles. The van der Waals surface area contributed by atoms with Crippen molar-refractivity contribution in [3.8, 4) is 11.3 Å². The number of hydrogen-bond acceptors (Lipinski definition) is 3. The topological polar surface area (TPSA) is 52.5 Å². The summed E-state index contributed by atoms with van der Waals surface area (Å²) in [6.07, 6.45) is 1.95. The average Bonchev–Trinajstić information content (AvgIpc) is 2.77. The highest BCUT2D eigenvalue weighted by molar-refractivity contribution is 9.10. The van der Waals surface area contributed by atoms with Gasteiger partial charge in [-0.05, 0) is 46.1 Å². The smallest absolute Gasteiger partial charge is 0.139 e. The maximum atomic E-state index is 6.26. The summed E-state index contributed by atoms with van der Waals surface area (Å²) in [6, 6.07) is 10.1.